The molecule has 1 amide bonds. The highest BCUT2D eigenvalue weighted by atomic mass is 16.1. The van der Waals surface area contributed by atoms with E-state index >= 15 is 0 Å². The summed E-state index contributed by atoms with van der Waals surface area (Å²) in [7, 11) is 0. The van der Waals surface area contributed by atoms with E-state index in [0.717, 1.165) is 56.0 Å². The van der Waals surface area contributed by atoms with Crippen molar-refractivity contribution in [3.63, 3.8) is 0 Å². The molecule has 2 N–H and O–H groups in total. The second kappa shape index (κ2) is 9.85. The van der Waals surface area contributed by atoms with Crippen molar-refractivity contribution in [3.8, 4) is 0 Å². The van der Waals surface area contributed by atoms with E-state index in [2.05, 4.69) is 52.2 Å². The van der Waals surface area contributed by atoms with Gasteiger partial charge in [-0.2, -0.15) is 0 Å². The number of fused-ring (bicyclic) bond motifs is 1. The van der Waals surface area contributed by atoms with Gasteiger partial charge in [-0.1, -0.05) is 24.3 Å². The standard InChI is InChI=1S/C24H33N5O/c1-6-26-23(29-14-11-19-15-17(4)7-8-21(19)29)22(16(2)3)27-18(5)24(30)28-20-9-12-25-13-10-20/h6-8,15,20,25H,2,9-14H2,1,3-5H3,(H,28,30)/b23-22-,26-6?,27-18?. The molecule has 1 aromatic carbocycles. The summed E-state index contributed by atoms with van der Waals surface area (Å²) in [6.45, 7) is 14.5. The van der Waals surface area contributed by atoms with Crippen molar-refractivity contribution in [2.45, 2.75) is 53.0 Å². The predicted molar refractivity (Wildman–Crippen MR) is 125 cm³/mol. The normalized spacial score (nSPS) is 18.4. The molecule has 2 heterocycles. The average molecular weight is 408 g/mol. The molecule has 6 nitrogen and oxygen atoms in total. The molecule has 0 unspecified atom stereocenters. The molecule has 0 radical (unpaired) electrons. The van der Waals surface area contributed by atoms with Crippen LogP contribution in [0, 0.1) is 6.92 Å². The van der Waals surface area contributed by atoms with Crippen LogP contribution in [-0.2, 0) is 11.2 Å². The molecule has 0 spiro atoms. The van der Waals surface area contributed by atoms with Crippen LogP contribution in [-0.4, -0.2) is 43.5 Å². The number of aliphatic imine (C=N–C) groups is 2. The number of piperidine rings is 1. The van der Waals surface area contributed by atoms with E-state index in [1.807, 2.05) is 13.8 Å². The summed E-state index contributed by atoms with van der Waals surface area (Å²) in [6.07, 6.45) is 4.61. The van der Waals surface area contributed by atoms with Crippen molar-refractivity contribution in [2.75, 3.05) is 24.5 Å². The van der Waals surface area contributed by atoms with Gasteiger partial charge in [0.1, 0.15) is 11.4 Å². The molecule has 0 aliphatic carbocycles. The van der Waals surface area contributed by atoms with E-state index in [0.29, 0.717) is 11.4 Å². The highest BCUT2D eigenvalue weighted by Crippen LogP contribution is 2.34. The Bertz CT molecular complexity index is 906. The van der Waals surface area contributed by atoms with Crippen LogP contribution in [0.4, 0.5) is 5.69 Å². The minimum absolute atomic E-state index is 0.127. The molecule has 2 aliphatic rings. The highest BCUT2D eigenvalue weighted by molar-refractivity contribution is 6.38. The van der Waals surface area contributed by atoms with E-state index in [1.54, 1.807) is 13.1 Å². The summed E-state index contributed by atoms with van der Waals surface area (Å²) >= 11 is 0. The Morgan fingerprint density at radius 2 is 2.03 bits per heavy atom. The molecule has 30 heavy (non-hydrogen) atoms. The molecule has 1 saturated heterocycles. The van der Waals surface area contributed by atoms with Gasteiger partial charge < -0.3 is 15.5 Å². The van der Waals surface area contributed by atoms with Gasteiger partial charge in [-0.25, -0.2) is 9.98 Å². The van der Waals surface area contributed by atoms with Crippen LogP contribution in [0.3, 0.4) is 0 Å². The lowest BCUT2D eigenvalue weighted by Crippen LogP contribution is -2.44. The fourth-order valence-corrected chi connectivity index (χ4v) is 3.94. The van der Waals surface area contributed by atoms with Crippen LogP contribution in [0.5, 0.6) is 0 Å². The molecular formula is C24H33N5O. The number of benzene rings is 1. The number of allylic oxidation sites excluding steroid dienone is 1. The van der Waals surface area contributed by atoms with Crippen molar-refractivity contribution in [2.24, 2.45) is 9.98 Å². The van der Waals surface area contributed by atoms with Gasteiger partial charge in [-0.3, -0.25) is 4.79 Å². The van der Waals surface area contributed by atoms with E-state index in [1.165, 1.54) is 11.1 Å². The van der Waals surface area contributed by atoms with Crippen LogP contribution >= 0.6 is 0 Å². The molecule has 160 valence electrons. The topological polar surface area (TPSA) is 69.1 Å². The smallest absolute Gasteiger partial charge is 0.265 e. The van der Waals surface area contributed by atoms with E-state index in [4.69, 9.17) is 4.99 Å². The zero-order valence-electron chi connectivity index (χ0n) is 18.6. The first-order valence-corrected chi connectivity index (χ1v) is 10.7. The predicted octanol–water partition coefficient (Wildman–Crippen LogP) is 3.52. The van der Waals surface area contributed by atoms with Crippen LogP contribution in [0.25, 0.3) is 0 Å². The van der Waals surface area contributed by atoms with Crippen molar-refractivity contribution < 1.29 is 4.79 Å². The lowest BCUT2D eigenvalue weighted by molar-refractivity contribution is -0.115. The van der Waals surface area contributed by atoms with Gasteiger partial charge >= 0.3 is 0 Å². The minimum atomic E-state index is -0.127. The first-order valence-electron chi connectivity index (χ1n) is 10.7. The fraction of sp³-hybridized carbons (Fsp3) is 0.458. The fourth-order valence-electron chi connectivity index (χ4n) is 3.94. The number of hydrogen-bond donors (Lipinski definition) is 2. The molecular weight excluding hydrogens is 374 g/mol. The Balaban J connectivity index is 1.93. The maximum Gasteiger partial charge on any atom is 0.265 e. The Morgan fingerprint density at radius 3 is 2.70 bits per heavy atom. The van der Waals surface area contributed by atoms with Gasteiger partial charge in [-0.05, 0) is 77.2 Å². The maximum absolute atomic E-state index is 12.7. The zero-order chi connectivity index (χ0) is 21.7. The van der Waals surface area contributed by atoms with Gasteiger partial charge in [0.05, 0.1) is 0 Å². The molecule has 0 bridgehead atoms. The molecule has 2 aliphatic heterocycles. The molecule has 6 heteroatoms. The van der Waals surface area contributed by atoms with Gasteiger partial charge in [0.2, 0.25) is 0 Å². The average Bonchev–Trinajstić information content (AvgIpc) is 3.13. The lowest BCUT2D eigenvalue weighted by atomic mass is 10.1. The van der Waals surface area contributed by atoms with Crippen molar-refractivity contribution in [1.82, 2.24) is 10.6 Å². The summed E-state index contributed by atoms with van der Waals surface area (Å²) in [5.41, 5.74) is 5.57. The van der Waals surface area contributed by atoms with Crippen LogP contribution in [0.1, 0.15) is 44.7 Å². The third-order valence-corrected chi connectivity index (χ3v) is 5.54. The van der Waals surface area contributed by atoms with Gasteiger partial charge in [0.15, 0.2) is 5.82 Å². The van der Waals surface area contributed by atoms with Crippen LogP contribution in [0.15, 0.2) is 51.9 Å². The van der Waals surface area contributed by atoms with Crippen molar-refractivity contribution >= 4 is 23.5 Å². The lowest BCUT2D eigenvalue weighted by Gasteiger charge is -2.24. The molecule has 3 rings (SSSR count). The number of nitrogens with one attached hydrogen (secondary N) is 2. The number of aryl methyl sites for hydroxylation is 1. The number of carbonyl (C=O) groups is 1. The summed E-state index contributed by atoms with van der Waals surface area (Å²) in [4.78, 5) is 24.3. The SMILES string of the molecule is C=C(C)/C(N=C(C)C(=O)NC1CCNCC1)=C(\N=CC)N1CCc2cc(C)ccc21. The molecule has 0 atom stereocenters. The van der Waals surface area contributed by atoms with E-state index < -0.39 is 0 Å². The molecule has 0 aromatic heterocycles. The van der Waals surface area contributed by atoms with Gasteiger partial charge in [0, 0.05) is 24.5 Å². The first-order chi connectivity index (χ1) is 14.4. The van der Waals surface area contributed by atoms with Crippen LogP contribution in [0.2, 0.25) is 0 Å². The largest absolute Gasteiger partial charge is 0.348 e. The third-order valence-electron chi connectivity index (χ3n) is 5.54. The summed E-state index contributed by atoms with van der Waals surface area (Å²) in [5.74, 6) is 0.611. The Labute approximate surface area is 179 Å². The number of anilines is 1. The zero-order valence-corrected chi connectivity index (χ0v) is 18.6. The number of rotatable bonds is 6. The second-order valence-electron chi connectivity index (χ2n) is 8.07. The quantitative estimate of drug-likeness (QED) is 0.560. The highest BCUT2D eigenvalue weighted by Gasteiger charge is 2.25. The van der Waals surface area contributed by atoms with Crippen LogP contribution < -0.4 is 15.5 Å². The van der Waals surface area contributed by atoms with E-state index in [-0.39, 0.29) is 11.9 Å². The molecule has 1 aromatic rings. The second-order valence-corrected chi connectivity index (χ2v) is 8.07. The van der Waals surface area contributed by atoms with Gasteiger partial charge in [0.25, 0.3) is 5.91 Å². The number of carbonyl (C=O) groups excluding carboxylic acids is 1. The maximum atomic E-state index is 12.7. The minimum Gasteiger partial charge on any atom is -0.348 e. The number of amides is 1. The Hall–Kier alpha value is -2.73. The Morgan fingerprint density at radius 1 is 1.30 bits per heavy atom. The molecule has 0 saturated carbocycles. The number of nitrogens with zero attached hydrogens (tertiary/aromatic N) is 3. The van der Waals surface area contributed by atoms with E-state index in [9.17, 15) is 4.79 Å². The molecule has 1 fully saturated rings. The third kappa shape index (κ3) is 5.05. The van der Waals surface area contributed by atoms with Crippen molar-refractivity contribution in [1.29, 1.82) is 0 Å². The summed E-state index contributed by atoms with van der Waals surface area (Å²) in [6, 6.07) is 6.68. The number of hydrogen-bond acceptors (Lipinski definition) is 5. The first kappa shape index (κ1) is 22.0. The van der Waals surface area contributed by atoms with Gasteiger partial charge in [-0.15, -0.1) is 0 Å². The van der Waals surface area contributed by atoms with Crippen molar-refractivity contribution in [3.05, 3.63) is 53.0 Å². The summed E-state index contributed by atoms with van der Waals surface area (Å²) in [5, 5.41) is 6.43. The Kier molecular flexibility index (Phi) is 7.21. The monoisotopic (exact) mass is 407 g/mol. The summed E-state index contributed by atoms with van der Waals surface area (Å²) < 4.78 is 0.